The van der Waals surface area contributed by atoms with Crippen molar-refractivity contribution in [1.29, 1.82) is 0 Å². The predicted molar refractivity (Wildman–Crippen MR) is 96.7 cm³/mol. The lowest BCUT2D eigenvalue weighted by Gasteiger charge is -2.39. The summed E-state index contributed by atoms with van der Waals surface area (Å²) in [5, 5.41) is 9.47. The van der Waals surface area contributed by atoms with E-state index in [4.69, 9.17) is 0 Å². The van der Waals surface area contributed by atoms with Crippen LogP contribution < -0.4 is 0 Å². The average Bonchev–Trinajstić information content (AvgIpc) is 2.88. The van der Waals surface area contributed by atoms with Crippen molar-refractivity contribution in [2.45, 2.75) is 66.7 Å². The molecule has 134 valence electrons. The molecular weight excluding hydrogens is 300 g/mol. The van der Waals surface area contributed by atoms with Crippen LogP contribution in [0.1, 0.15) is 66.7 Å². The summed E-state index contributed by atoms with van der Waals surface area (Å²) in [4.78, 5) is 23.6. The number of rotatable bonds is 6. The van der Waals surface area contributed by atoms with Crippen LogP contribution >= 0.6 is 0 Å². The Kier molecular flexibility index (Phi) is 5.72. The molecule has 5 atom stereocenters. The van der Waals surface area contributed by atoms with Gasteiger partial charge in [-0.3, -0.25) is 4.79 Å². The molecule has 0 bridgehead atoms. The fourth-order valence-corrected chi connectivity index (χ4v) is 4.68. The molecule has 0 saturated heterocycles. The molecular formula is C21H32O3. The zero-order chi connectivity index (χ0) is 18.1. The first kappa shape index (κ1) is 19.0. The SMILES string of the molecule is CC[C@@H](C)[C@@H](C)/C=C\[C@H](C)[C@H]1CCC2=C(C(=O)O)C(=O)CC[C@@]21C. The van der Waals surface area contributed by atoms with Gasteiger partial charge in [-0.25, -0.2) is 4.79 Å². The molecule has 3 heteroatoms. The van der Waals surface area contributed by atoms with Gasteiger partial charge >= 0.3 is 5.97 Å². The second-order valence-electron chi connectivity index (χ2n) is 8.13. The maximum absolute atomic E-state index is 12.1. The summed E-state index contributed by atoms with van der Waals surface area (Å²) in [6.45, 7) is 11.2. The second kappa shape index (κ2) is 7.25. The maximum atomic E-state index is 12.1. The first-order chi connectivity index (χ1) is 11.2. The molecule has 1 saturated carbocycles. The summed E-state index contributed by atoms with van der Waals surface area (Å²) >= 11 is 0. The van der Waals surface area contributed by atoms with E-state index in [9.17, 15) is 14.7 Å². The molecule has 1 fully saturated rings. The minimum Gasteiger partial charge on any atom is -0.478 e. The van der Waals surface area contributed by atoms with E-state index >= 15 is 0 Å². The third kappa shape index (κ3) is 3.36. The van der Waals surface area contributed by atoms with E-state index in [1.54, 1.807) is 0 Å². The Hall–Kier alpha value is -1.38. The summed E-state index contributed by atoms with van der Waals surface area (Å²) in [7, 11) is 0. The van der Waals surface area contributed by atoms with Crippen molar-refractivity contribution in [1.82, 2.24) is 0 Å². The Balaban J connectivity index is 2.23. The van der Waals surface area contributed by atoms with Gasteiger partial charge in [0.15, 0.2) is 5.78 Å². The van der Waals surface area contributed by atoms with Crippen LogP contribution in [0.2, 0.25) is 0 Å². The largest absolute Gasteiger partial charge is 0.478 e. The zero-order valence-corrected chi connectivity index (χ0v) is 15.8. The zero-order valence-electron chi connectivity index (χ0n) is 15.8. The van der Waals surface area contributed by atoms with Gasteiger partial charge in [0.2, 0.25) is 0 Å². The standard InChI is InChI=1S/C21H32O3/c1-6-13(2)14(3)7-8-15(4)16-9-10-17-19(20(23)24)18(22)11-12-21(16,17)5/h7-8,13-16H,6,9-12H2,1-5H3,(H,23,24)/b8-7-/t13-,14+,15+,16-,21-/m1/s1. The maximum Gasteiger partial charge on any atom is 0.339 e. The molecule has 0 radical (unpaired) electrons. The fourth-order valence-electron chi connectivity index (χ4n) is 4.68. The van der Waals surface area contributed by atoms with E-state index < -0.39 is 5.97 Å². The minimum atomic E-state index is -1.03. The van der Waals surface area contributed by atoms with Gasteiger partial charge in [-0.1, -0.05) is 53.2 Å². The highest BCUT2D eigenvalue weighted by Crippen LogP contribution is 2.56. The third-order valence-corrected chi connectivity index (χ3v) is 6.77. The highest BCUT2D eigenvalue weighted by molar-refractivity contribution is 6.18. The number of carboxylic acid groups (broad SMARTS) is 1. The van der Waals surface area contributed by atoms with Crippen molar-refractivity contribution in [3.05, 3.63) is 23.3 Å². The number of carboxylic acids is 1. The number of allylic oxidation sites excluding steroid dienone is 3. The van der Waals surface area contributed by atoms with Gasteiger partial charge in [0.25, 0.3) is 0 Å². The topological polar surface area (TPSA) is 54.4 Å². The van der Waals surface area contributed by atoms with Crippen LogP contribution in [0.5, 0.6) is 0 Å². The molecule has 0 heterocycles. The van der Waals surface area contributed by atoms with Crippen LogP contribution in [0, 0.1) is 29.1 Å². The van der Waals surface area contributed by atoms with Gasteiger partial charge in [0.05, 0.1) is 0 Å². The Morgan fingerprint density at radius 1 is 1.29 bits per heavy atom. The molecule has 2 aliphatic carbocycles. The molecule has 2 rings (SSSR count). The summed E-state index contributed by atoms with van der Waals surface area (Å²) in [5.74, 6) is 0.857. The number of hydrogen-bond acceptors (Lipinski definition) is 2. The van der Waals surface area contributed by atoms with Gasteiger partial charge < -0.3 is 5.11 Å². The van der Waals surface area contributed by atoms with Crippen molar-refractivity contribution < 1.29 is 14.7 Å². The number of hydrogen-bond donors (Lipinski definition) is 1. The van der Waals surface area contributed by atoms with E-state index in [-0.39, 0.29) is 16.8 Å². The molecule has 24 heavy (non-hydrogen) atoms. The van der Waals surface area contributed by atoms with Gasteiger partial charge in [-0.15, -0.1) is 0 Å². The lowest BCUT2D eigenvalue weighted by Crippen LogP contribution is -2.34. The first-order valence-corrected chi connectivity index (χ1v) is 9.40. The monoisotopic (exact) mass is 332 g/mol. The fraction of sp³-hybridized carbons (Fsp3) is 0.714. The molecule has 0 spiro atoms. The van der Waals surface area contributed by atoms with Gasteiger partial charge in [-0.2, -0.15) is 0 Å². The van der Waals surface area contributed by atoms with E-state index in [0.29, 0.717) is 30.1 Å². The average molecular weight is 332 g/mol. The molecule has 0 aromatic heterocycles. The van der Waals surface area contributed by atoms with E-state index in [1.807, 2.05) is 0 Å². The normalized spacial score (nSPS) is 31.2. The van der Waals surface area contributed by atoms with Crippen molar-refractivity contribution >= 4 is 11.8 Å². The molecule has 0 unspecified atom stereocenters. The minimum absolute atomic E-state index is 0.0930. The third-order valence-electron chi connectivity index (χ3n) is 6.77. The number of ketones is 1. The summed E-state index contributed by atoms with van der Waals surface area (Å²) < 4.78 is 0. The molecule has 1 N–H and O–H groups in total. The van der Waals surface area contributed by atoms with E-state index in [2.05, 4.69) is 46.8 Å². The van der Waals surface area contributed by atoms with Crippen LogP contribution in [0.25, 0.3) is 0 Å². The number of fused-ring (bicyclic) bond motifs is 1. The number of aliphatic carboxylic acids is 1. The molecule has 0 amide bonds. The lowest BCUT2D eigenvalue weighted by molar-refractivity contribution is -0.135. The van der Waals surface area contributed by atoms with Gasteiger partial charge in [0.1, 0.15) is 5.57 Å². The number of carbonyl (C=O) groups excluding carboxylic acids is 1. The predicted octanol–water partition coefficient (Wildman–Crippen LogP) is 5.02. The highest BCUT2D eigenvalue weighted by Gasteiger charge is 2.49. The van der Waals surface area contributed by atoms with Gasteiger partial charge in [0, 0.05) is 6.42 Å². The molecule has 3 nitrogen and oxygen atoms in total. The molecule has 0 aliphatic heterocycles. The van der Waals surface area contributed by atoms with Gasteiger partial charge in [-0.05, 0) is 53.9 Å². The summed E-state index contributed by atoms with van der Waals surface area (Å²) in [6.07, 6.45) is 8.74. The Morgan fingerprint density at radius 2 is 1.96 bits per heavy atom. The first-order valence-electron chi connectivity index (χ1n) is 9.40. The van der Waals surface area contributed by atoms with Crippen LogP contribution in [0.3, 0.4) is 0 Å². The van der Waals surface area contributed by atoms with Crippen molar-refractivity contribution in [2.24, 2.45) is 29.1 Å². The van der Waals surface area contributed by atoms with Crippen LogP contribution in [0.4, 0.5) is 0 Å². The lowest BCUT2D eigenvalue weighted by atomic mass is 9.64. The quantitative estimate of drug-likeness (QED) is 0.549. The number of carbonyl (C=O) groups is 2. The van der Waals surface area contributed by atoms with E-state index in [1.165, 1.54) is 6.42 Å². The summed E-state index contributed by atoms with van der Waals surface area (Å²) in [6, 6.07) is 0. The van der Waals surface area contributed by atoms with Crippen LogP contribution in [0.15, 0.2) is 23.3 Å². The van der Waals surface area contributed by atoms with Crippen LogP contribution in [-0.2, 0) is 9.59 Å². The van der Waals surface area contributed by atoms with Crippen molar-refractivity contribution in [3.63, 3.8) is 0 Å². The van der Waals surface area contributed by atoms with Crippen molar-refractivity contribution in [3.8, 4) is 0 Å². The molecule has 2 aliphatic rings. The highest BCUT2D eigenvalue weighted by atomic mass is 16.4. The number of Topliss-reactive ketones (excluding diaryl/α,β-unsaturated/α-hetero) is 1. The van der Waals surface area contributed by atoms with E-state index in [0.717, 1.165) is 24.8 Å². The summed E-state index contributed by atoms with van der Waals surface area (Å²) in [5.41, 5.74) is 0.868. The Labute approximate surface area is 146 Å². The van der Waals surface area contributed by atoms with Crippen LogP contribution in [-0.4, -0.2) is 16.9 Å². The Morgan fingerprint density at radius 3 is 2.54 bits per heavy atom. The Bertz CT molecular complexity index is 572. The molecule has 0 aromatic carbocycles. The second-order valence-corrected chi connectivity index (χ2v) is 8.13. The molecule has 0 aromatic rings. The van der Waals surface area contributed by atoms with Crippen molar-refractivity contribution in [2.75, 3.05) is 0 Å². The smallest absolute Gasteiger partial charge is 0.339 e.